The van der Waals surface area contributed by atoms with Gasteiger partial charge in [0.1, 0.15) is 11.3 Å². The molecular weight excluding hydrogens is 391 g/mol. The van der Waals surface area contributed by atoms with Gasteiger partial charge >= 0.3 is 6.18 Å². The van der Waals surface area contributed by atoms with Crippen LogP contribution in [0.3, 0.4) is 0 Å². The predicted octanol–water partition coefficient (Wildman–Crippen LogP) is 4.30. The van der Waals surface area contributed by atoms with Crippen LogP contribution in [0, 0.1) is 6.92 Å². The zero-order valence-corrected chi connectivity index (χ0v) is 17.4. The number of aromatic nitrogens is 2. The normalized spacial score (nSPS) is 17.6. The van der Waals surface area contributed by atoms with Gasteiger partial charge in [-0.25, -0.2) is 0 Å². The number of benzene rings is 1. The molecule has 0 saturated carbocycles. The molecule has 2 aromatic heterocycles. The number of aryl methyl sites for hydroxylation is 1. The minimum atomic E-state index is -4.50. The molecule has 0 spiro atoms. The van der Waals surface area contributed by atoms with Gasteiger partial charge in [-0.1, -0.05) is 17.7 Å². The van der Waals surface area contributed by atoms with Crippen LogP contribution in [0.1, 0.15) is 35.0 Å². The molecule has 1 atom stereocenters. The minimum absolute atomic E-state index is 0.249. The lowest BCUT2D eigenvalue weighted by molar-refractivity contribution is -0.141. The van der Waals surface area contributed by atoms with Gasteiger partial charge in [0.2, 0.25) is 0 Å². The molecule has 3 aromatic rings. The van der Waals surface area contributed by atoms with Gasteiger partial charge < -0.3 is 14.6 Å². The lowest BCUT2D eigenvalue weighted by Crippen LogP contribution is -2.29. The summed E-state index contributed by atoms with van der Waals surface area (Å²) in [6.45, 7) is 5.84. The molecule has 0 aliphatic carbocycles. The molecule has 0 radical (unpaired) electrons. The van der Waals surface area contributed by atoms with Gasteiger partial charge in [-0.15, -0.1) is 0 Å². The lowest BCUT2D eigenvalue weighted by atomic mass is 9.97. The monoisotopic (exact) mass is 417 g/mol. The summed E-state index contributed by atoms with van der Waals surface area (Å²) < 4.78 is 40.7. The number of rotatable bonds is 3. The molecule has 3 heterocycles. The Kier molecular flexibility index (Phi) is 5.14. The summed E-state index contributed by atoms with van der Waals surface area (Å²) in [7, 11) is 2.10. The third-order valence-electron chi connectivity index (χ3n) is 6.06. The molecule has 1 aliphatic heterocycles. The van der Waals surface area contributed by atoms with Crippen LogP contribution >= 0.6 is 0 Å². The van der Waals surface area contributed by atoms with Crippen molar-refractivity contribution in [3.63, 3.8) is 0 Å². The van der Waals surface area contributed by atoms with Crippen LogP contribution in [-0.2, 0) is 31.2 Å². The highest BCUT2D eigenvalue weighted by Gasteiger charge is 2.34. The van der Waals surface area contributed by atoms with Crippen molar-refractivity contribution in [2.24, 2.45) is 0 Å². The van der Waals surface area contributed by atoms with E-state index in [1.807, 2.05) is 0 Å². The Morgan fingerprint density at radius 3 is 2.50 bits per heavy atom. The van der Waals surface area contributed by atoms with Crippen LogP contribution in [0.5, 0.6) is 0 Å². The first-order valence-electron chi connectivity index (χ1n) is 10.1. The summed E-state index contributed by atoms with van der Waals surface area (Å²) in [6.07, 6.45) is -1.57. The van der Waals surface area contributed by atoms with E-state index in [4.69, 9.17) is 0 Å². The number of alkyl halides is 3. The third-order valence-corrected chi connectivity index (χ3v) is 6.06. The molecule has 160 valence electrons. The topological polar surface area (TPSA) is 41.3 Å². The number of likely N-dealkylation sites (N-methyl/N-ethyl adjacent to an activating group) is 1. The Morgan fingerprint density at radius 1 is 1.10 bits per heavy atom. The van der Waals surface area contributed by atoms with Crippen molar-refractivity contribution in [3.05, 3.63) is 64.6 Å². The maximum absolute atomic E-state index is 12.9. The molecule has 30 heavy (non-hydrogen) atoms. The second-order valence-electron chi connectivity index (χ2n) is 8.54. The van der Waals surface area contributed by atoms with Crippen LogP contribution < -0.4 is 0 Å². The summed E-state index contributed by atoms with van der Waals surface area (Å²) in [4.78, 5) is 5.83. The molecule has 0 amide bonds. The van der Waals surface area contributed by atoms with E-state index in [2.05, 4.69) is 46.6 Å². The largest absolute Gasteiger partial charge is 0.433 e. The van der Waals surface area contributed by atoms with Crippen LogP contribution in [0.4, 0.5) is 13.2 Å². The molecule has 4 nitrogen and oxygen atoms in total. The van der Waals surface area contributed by atoms with E-state index in [1.54, 1.807) is 6.92 Å². The molecule has 1 aliphatic rings. The number of fused-ring (bicyclic) bond motifs is 3. The Hall–Kier alpha value is -2.38. The Bertz CT molecular complexity index is 1070. The minimum Gasteiger partial charge on any atom is -0.384 e. The molecule has 0 saturated heterocycles. The summed E-state index contributed by atoms with van der Waals surface area (Å²) in [6, 6.07) is 8.56. The average molecular weight is 417 g/mol. The summed E-state index contributed by atoms with van der Waals surface area (Å²) in [5.41, 5.74) is 2.78. The second kappa shape index (κ2) is 7.39. The Morgan fingerprint density at radius 2 is 1.83 bits per heavy atom. The van der Waals surface area contributed by atoms with Gasteiger partial charge in [0.05, 0.1) is 6.54 Å². The standard InChI is InChI=1S/C23H26F3N3O/c1-15-4-6-19-18(12-15)17-8-10-28(3)11-9-20(17)29(19)14-22(2,30)16-5-7-21(27-13-16)23(24,25)26/h4-7,12-13,30H,8-11,14H2,1-3H3. The van der Waals surface area contributed by atoms with Crippen LogP contribution in [0.25, 0.3) is 10.9 Å². The molecule has 4 rings (SSSR count). The van der Waals surface area contributed by atoms with Crippen LogP contribution in [-0.4, -0.2) is 39.7 Å². The van der Waals surface area contributed by atoms with Gasteiger partial charge in [0.25, 0.3) is 0 Å². The highest BCUT2D eigenvalue weighted by Crippen LogP contribution is 2.34. The average Bonchev–Trinajstić information content (AvgIpc) is 2.81. The third kappa shape index (κ3) is 3.84. The lowest BCUT2D eigenvalue weighted by Gasteiger charge is -2.26. The molecule has 0 bridgehead atoms. The maximum atomic E-state index is 12.9. The van der Waals surface area contributed by atoms with E-state index in [1.165, 1.54) is 28.3 Å². The molecule has 1 N–H and O–H groups in total. The number of hydrogen-bond acceptors (Lipinski definition) is 3. The number of nitrogens with zero attached hydrogens (tertiary/aromatic N) is 3. The molecule has 7 heteroatoms. The summed E-state index contributed by atoms with van der Waals surface area (Å²) >= 11 is 0. The quantitative estimate of drug-likeness (QED) is 0.691. The fourth-order valence-electron chi connectivity index (χ4n) is 4.33. The first-order valence-corrected chi connectivity index (χ1v) is 10.1. The van der Waals surface area contributed by atoms with Crippen molar-refractivity contribution in [1.82, 2.24) is 14.5 Å². The highest BCUT2D eigenvalue weighted by atomic mass is 19.4. The first kappa shape index (κ1) is 20.9. The molecule has 0 fully saturated rings. The fourth-order valence-corrected chi connectivity index (χ4v) is 4.33. The Balaban J connectivity index is 1.76. The zero-order valence-electron chi connectivity index (χ0n) is 17.4. The second-order valence-corrected chi connectivity index (χ2v) is 8.54. The van der Waals surface area contributed by atoms with E-state index in [0.717, 1.165) is 43.7 Å². The number of aliphatic hydroxyl groups is 1. The molecular formula is C23H26F3N3O. The van der Waals surface area contributed by atoms with Gasteiger partial charge in [-0.2, -0.15) is 13.2 Å². The van der Waals surface area contributed by atoms with Gasteiger partial charge in [0.15, 0.2) is 0 Å². The van der Waals surface area contributed by atoms with E-state index >= 15 is 0 Å². The van der Waals surface area contributed by atoms with E-state index in [0.29, 0.717) is 5.56 Å². The number of pyridine rings is 1. The SMILES string of the molecule is Cc1ccc2c(c1)c1c(n2CC(C)(O)c2ccc(C(F)(F)F)nc2)CCN(C)CC1. The van der Waals surface area contributed by atoms with E-state index < -0.39 is 17.5 Å². The van der Waals surface area contributed by atoms with E-state index in [9.17, 15) is 18.3 Å². The van der Waals surface area contributed by atoms with Gasteiger partial charge in [-0.3, -0.25) is 4.98 Å². The fraction of sp³-hybridized carbons (Fsp3) is 0.435. The number of hydrogen-bond donors (Lipinski definition) is 1. The van der Waals surface area contributed by atoms with Crippen molar-refractivity contribution < 1.29 is 18.3 Å². The van der Waals surface area contributed by atoms with Crippen molar-refractivity contribution in [2.75, 3.05) is 20.1 Å². The first-order chi connectivity index (χ1) is 14.1. The van der Waals surface area contributed by atoms with Crippen molar-refractivity contribution >= 4 is 10.9 Å². The molecule has 1 aromatic carbocycles. The van der Waals surface area contributed by atoms with Gasteiger partial charge in [-0.05, 0) is 51.1 Å². The number of halogens is 3. The van der Waals surface area contributed by atoms with E-state index in [-0.39, 0.29) is 6.54 Å². The predicted molar refractivity (Wildman–Crippen MR) is 110 cm³/mol. The summed E-state index contributed by atoms with van der Waals surface area (Å²) in [5, 5.41) is 12.4. The maximum Gasteiger partial charge on any atom is 0.433 e. The smallest absolute Gasteiger partial charge is 0.384 e. The van der Waals surface area contributed by atoms with Crippen molar-refractivity contribution in [2.45, 2.75) is 45.0 Å². The van der Waals surface area contributed by atoms with Crippen molar-refractivity contribution in [1.29, 1.82) is 0 Å². The Labute approximate surface area is 174 Å². The van der Waals surface area contributed by atoms with Gasteiger partial charge in [0, 0.05) is 47.9 Å². The highest BCUT2D eigenvalue weighted by molar-refractivity contribution is 5.86. The molecule has 1 unspecified atom stereocenters. The van der Waals surface area contributed by atoms with Crippen molar-refractivity contribution in [3.8, 4) is 0 Å². The van der Waals surface area contributed by atoms with Crippen LogP contribution in [0.15, 0.2) is 36.5 Å². The summed E-state index contributed by atoms with van der Waals surface area (Å²) in [5.74, 6) is 0. The van der Waals surface area contributed by atoms with Crippen LogP contribution in [0.2, 0.25) is 0 Å². The zero-order chi connectivity index (χ0) is 21.7.